The van der Waals surface area contributed by atoms with Gasteiger partial charge in [0.1, 0.15) is 6.61 Å². The Bertz CT molecular complexity index is 859. The van der Waals surface area contributed by atoms with Crippen LogP contribution in [0.5, 0.6) is 0 Å². The minimum atomic E-state index is -4.75. The van der Waals surface area contributed by atoms with E-state index in [-0.39, 0.29) is 19.4 Å². The molecule has 0 aromatic rings. The number of carbonyl (C=O) groups is 2. The lowest BCUT2D eigenvalue weighted by Crippen LogP contribution is -2.29. The first-order chi connectivity index (χ1) is 21.3. The van der Waals surface area contributed by atoms with Crippen molar-refractivity contribution in [2.75, 3.05) is 13.2 Å². The van der Waals surface area contributed by atoms with E-state index >= 15 is 0 Å². The number of carbonyl (C=O) groups excluding carboxylic acids is 2. The van der Waals surface area contributed by atoms with Crippen molar-refractivity contribution in [2.24, 2.45) is 0 Å². The van der Waals surface area contributed by atoms with Crippen LogP contribution in [0.2, 0.25) is 0 Å². The maximum Gasteiger partial charge on any atom is 0.469 e. The van der Waals surface area contributed by atoms with Crippen molar-refractivity contribution in [3.63, 3.8) is 0 Å². The Morgan fingerprint density at radius 1 is 0.614 bits per heavy atom. The maximum atomic E-state index is 12.3. The first-order valence-electron chi connectivity index (χ1n) is 16.9. The van der Waals surface area contributed by atoms with Gasteiger partial charge < -0.3 is 19.3 Å². The minimum Gasteiger partial charge on any atom is -0.462 e. The summed E-state index contributed by atoms with van der Waals surface area (Å²) in [6, 6.07) is 0. The normalized spacial score (nSPS) is 13.1. The third kappa shape index (κ3) is 32.9. The van der Waals surface area contributed by atoms with E-state index in [1.807, 2.05) is 0 Å². The third-order valence-electron chi connectivity index (χ3n) is 6.86. The second kappa shape index (κ2) is 31.0. The highest BCUT2D eigenvalue weighted by Gasteiger charge is 2.22. The van der Waals surface area contributed by atoms with Crippen LogP contribution in [-0.2, 0) is 28.2 Å². The predicted molar refractivity (Wildman–Crippen MR) is 179 cm³/mol. The number of phosphoric ester groups is 1. The molecule has 2 N–H and O–H groups in total. The molecule has 0 heterocycles. The van der Waals surface area contributed by atoms with Gasteiger partial charge in [0.25, 0.3) is 0 Å². The highest BCUT2D eigenvalue weighted by molar-refractivity contribution is 7.46. The fourth-order valence-corrected chi connectivity index (χ4v) is 4.72. The summed E-state index contributed by atoms with van der Waals surface area (Å²) in [5, 5.41) is 0. The summed E-state index contributed by atoms with van der Waals surface area (Å²) in [6.07, 6.45) is 35.5. The van der Waals surface area contributed by atoms with Gasteiger partial charge in [0.15, 0.2) is 6.10 Å². The molecule has 0 aliphatic heterocycles. The molecule has 0 fully saturated rings. The van der Waals surface area contributed by atoms with Crippen LogP contribution in [0.1, 0.15) is 142 Å². The van der Waals surface area contributed by atoms with Gasteiger partial charge in [0, 0.05) is 12.8 Å². The zero-order valence-electron chi connectivity index (χ0n) is 27.5. The van der Waals surface area contributed by atoms with E-state index in [1.165, 1.54) is 44.9 Å². The molecule has 0 aromatic heterocycles. The first kappa shape index (κ1) is 42.0. The lowest BCUT2D eigenvalue weighted by molar-refractivity contribution is -0.161. The number of allylic oxidation sites excluding steroid dienone is 8. The van der Waals surface area contributed by atoms with Gasteiger partial charge in [-0.2, -0.15) is 0 Å². The van der Waals surface area contributed by atoms with E-state index in [9.17, 15) is 14.2 Å². The van der Waals surface area contributed by atoms with Crippen LogP contribution in [0.4, 0.5) is 0 Å². The first-order valence-corrected chi connectivity index (χ1v) is 18.5. The zero-order valence-corrected chi connectivity index (χ0v) is 28.4. The molecular weight excluding hydrogens is 579 g/mol. The number of unbranched alkanes of at least 4 members (excludes halogenated alkanes) is 12. The molecule has 0 amide bonds. The van der Waals surface area contributed by atoms with Gasteiger partial charge in [-0.05, 0) is 51.4 Å². The summed E-state index contributed by atoms with van der Waals surface area (Å²) < 4.78 is 26.2. The van der Waals surface area contributed by atoms with Crippen molar-refractivity contribution < 1.29 is 37.9 Å². The molecule has 0 rings (SSSR count). The van der Waals surface area contributed by atoms with E-state index in [0.717, 1.165) is 57.8 Å². The fourth-order valence-electron chi connectivity index (χ4n) is 4.36. The lowest BCUT2D eigenvalue weighted by Gasteiger charge is -2.18. The lowest BCUT2D eigenvalue weighted by atomic mass is 10.1. The van der Waals surface area contributed by atoms with E-state index in [4.69, 9.17) is 19.3 Å². The average molecular weight is 641 g/mol. The summed E-state index contributed by atoms with van der Waals surface area (Å²) in [5.41, 5.74) is 0. The van der Waals surface area contributed by atoms with Crippen LogP contribution in [0, 0.1) is 0 Å². The van der Waals surface area contributed by atoms with Crippen molar-refractivity contribution >= 4 is 19.8 Å². The van der Waals surface area contributed by atoms with Crippen LogP contribution in [0.15, 0.2) is 48.6 Å². The highest BCUT2D eigenvalue weighted by atomic mass is 31.2. The summed E-state index contributed by atoms with van der Waals surface area (Å²) in [4.78, 5) is 42.5. The van der Waals surface area contributed by atoms with Gasteiger partial charge in [0.05, 0.1) is 6.61 Å². The van der Waals surface area contributed by atoms with Gasteiger partial charge in [-0.25, -0.2) is 4.57 Å². The molecule has 1 atom stereocenters. The molecule has 9 heteroatoms. The van der Waals surface area contributed by atoms with Crippen molar-refractivity contribution in [1.29, 1.82) is 0 Å². The topological polar surface area (TPSA) is 119 Å². The molecular formula is C35H61O8P. The highest BCUT2D eigenvalue weighted by Crippen LogP contribution is 2.35. The predicted octanol–water partition coefficient (Wildman–Crippen LogP) is 9.62. The van der Waals surface area contributed by atoms with Crippen molar-refractivity contribution in [3.05, 3.63) is 48.6 Å². The average Bonchev–Trinajstić information content (AvgIpc) is 2.98. The molecule has 0 aliphatic rings. The molecule has 0 saturated carbocycles. The van der Waals surface area contributed by atoms with Crippen LogP contribution >= 0.6 is 7.82 Å². The molecule has 8 nitrogen and oxygen atoms in total. The van der Waals surface area contributed by atoms with Crippen LogP contribution in [-0.4, -0.2) is 41.0 Å². The monoisotopic (exact) mass is 640 g/mol. The third-order valence-corrected chi connectivity index (χ3v) is 7.35. The molecule has 254 valence electrons. The van der Waals surface area contributed by atoms with E-state index < -0.39 is 32.5 Å². The molecule has 0 spiro atoms. The van der Waals surface area contributed by atoms with Crippen LogP contribution < -0.4 is 0 Å². The Labute approximate surface area is 267 Å². The molecule has 0 aliphatic carbocycles. The van der Waals surface area contributed by atoms with Crippen molar-refractivity contribution in [3.8, 4) is 0 Å². The fraction of sp³-hybridized carbons (Fsp3) is 0.714. The van der Waals surface area contributed by atoms with Crippen molar-refractivity contribution in [1.82, 2.24) is 0 Å². The Kier molecular flexibility index (Phi) is 29.6. The van der Waals surface area contributed by atoms with Gasteiger partial charge in [0.2, 0.25) is 0 Å². The Balaban J connectivity index is 4.10. The zero-order chi connectivity index (χ0) is 32.6. The number of esters is 2. The number of hydrogen-bond donors (Lipinski definition) is 2. The maximum absolute atomic E-state index is 12.3. The number of rotatable bonds is 30. The number of hydrogen-bond acceptors (Lipinski definition) is 6. The molecule has 0 aromatic carbocycles. The minimum absolute atomic E-state index is 0.203. The van der Waals surface area contributed by atoms with E-state index in [2.05, 4.69) is 67.0 Å². The Morgan fingerprint density at radius 2 is 1.09 bits per heavy atom. The van der Waals surface area contributed by atoms with Gasteiger partial charge in [-0.1, -0.05) is 127 Å². The molecule has 0 radical (unpaired) electrons. The number of phosphoric acid groups is 1. The largest absolute Gasteiger partial charge is 0.469 e. The SMILES string of the molecule is CC/C=C\C/C=C\C/C=C\C/C=C\CCCCC(=O)OC[C@H](COP(=O)(O)O)OC(=O)CCCCCCCCCCCCC. The summed E-state index contributed by atoms with van der Waals surface area (Å²) >= 11 is 0. The Hall–Kier alpha value is -1.99. The second-order valence-corrected chi connectivity index (χ2v) is 12.4. The second-order valence-electron chi connectivity index (χ2n) is 11.1. The Morgan fingerprint density at radius 3 is 1.64 bits per heavy atom. The van der Waals surface area contributed by atoms with E-state index in [1.54, 1.807) is 0 Å². The van der Waals surface area contributed by atoms with Gasteiger partial charge in [-0.15, -0.1) is 0 Å². The number of ether oxygens (including phenoxy) is 2. The molecule has 0 unspecified atom stereocenters. The van der Waals surface area contributed by atoms with Crippen molar-refractivity contribution in [2.45, 2.75) is 148 Å². The quantitative estimate of drug-likeness (QED) is 0.0345. The molecule has 0 saturated heterocycles. The molecule has 44 heavy (non-hydrogen) atoms. The van der Waals surface area contributed by atoms with Crippen LogP contribution in [0.25, 0.3) is 0 Å². The summed E-state index contributed by atoms with van der Waals surface area (Å²) in [6.45, 7) is 3.49. The summed E-state index contributed by atoms with van der Waals surface area (Å²) in [5.74, 6) is -0.938. The van der Waals surface area contributed by atoms with Gasteiger partial charge in [-0.3, -0.25) is 14.1 Å². The molecule has 0 bridgehead atoms. The standard InChI is InChI=1S/C35H61O8P/c1-3-5-7-9-11-13-15-16-17-18-20-21-23-25-27-29-34(36)41-31-33(32-42-44(38,39)40)43-35(37)30-28-26-24-22-19-14-12-10-8-6-4-2/h5,7,11,13,16-17,20-21,33H,3-4,6,8-10,12,14-15,18-19,22-32H2,1-2H3,(H2,38,39,40)/b7-5-,13-11-,17-16-,21-20-/t33-/m1/s1. The van der Waals surface area contributed by atoms with Crippen LogP contribution in [0.3, 0.4) is 0 Å². The van der Waals surface area contributed by atoms with Gasteiger partial charge >= 0.3 is 19.8 Å². The van der Waals surface area contributed by atoms with E-state index in [0.29, 0.717) is 12.8 Å². The smallest absolute Gasteiger partial charge is 0.462 e. The summed E-state index contributed by atoms with van der Waals surface area (Å²) in [7, 11) is -4.75.